The van der Waals surface area contributed by atoms with Gasteiger partial charge < -0.3 is 0 Å². The SMILES string of the molecule is Cc1ccc(C)c(-c2csc(-c3cccnc3Cl)n2)c1. The molecular formula is C16H13ClN2S. The topological polar surface area (TPSA) is 25.8 Å². The van der Waals surface area contributed by atoms with Crippen LogP contribution >= 0.6 is 22.9 Å². The van der Waals surface area contributed by atoms with Gasteiger partial charge in [-0.3, -0.25) is 0 Å². The van der Waals surface area contributed by atoms with Crippen LogP contribution in [0.2, 0.25) is 5.15 Å². The first kappa shape index (κ1) is 13.3. The molecular weight excluding hydrogens is 288 g/mol. The van der Waals surface area contributed by atoms with Crippen LogP contribution in [-0.2, 0) is 0 Å². The lowest BCUT2D eigenvalue weighted by Gasteiger charge is -2.04. The number of thiazole rings is 1. The molecule has 0 saturated heterocycles. The monoisotopic (exact) mass is 300 g/mol. The predicted molar refractivity (Wildman–Crippen MR) is 85.3 cm³/mol. The Hall–Kier alpha value is -1.71. The highest BCUT2D eigenvalue weighted by atomic mass is 35.5. The summed E-state index contributed by atoms with van der Waals surface area (Å²) in [6, 6.07) is 10.2. The molecule has 2 aromatic heterocycles. The Morgan fingerprint density at radius 3 is 2.75 bits per heavy atom. The van der Waals surface area contributed by atoms with Gasteiger partial charge in [0.05, 0.1) is 5.69 Å². The van der Waals surface area contributed by atoms with Crippen LogP contribution in [0.5, 0.6) is 0 Å². The summed E-state index contributed by atoms with van der Waals surface area (Å²) in [5.41, 5.74) is 5.51. The number of nitrogens with zero attached hydrogens (tertiary/aromatic N) is 2. The van der Waals surface area contributed by atoms with E-state index in [9.17, 15) is 0 Å². The Morgan fingerprint density at radius 2 is 1.95 bits per heavy atom. The van der Waals surface area contributed by atoms with Crippen molar-refractivity contribution in [1.82, 2.24) is 9.97 Å². The minimum atomic E-state index is 0.495. The smallest absolute Gasteiger partial charge is 0.139 e. The molecule has 100 valence electrons. The third kappa shape index (κ3) is 2.47. The molecule has 20 heavy (non-hydrogen) atoms. The number of hydrogen-bond donors (Lipinski definition) is 0. The van der Waals surface area contributed by atoms with E-state index in [1.165, 1.54) is 16.7 Å². The van der Waals surface area contributed by atoms with Crippen molar-refractivity contribution in [1.29, 1.82) is 0 Å². The Labute approximate surface area is 127 Å². The number of halogens is 1. The molecule has 0 N–H and O–H groups in total. The second-order valence-corrected chi connectivity index (χ2v) is 5.91. The van der Waals surface area contributed by atoms with Crippen molar-refractivity contribution in [3.05, 3.63) is 58.2 Å². The summed E-state index contributed by atoms with van der Waals surface area (Å²) in [6.07, 6.45) is 1.69. The van der Waals surface area contributed by atoms with Gasteiger partial charge in [0.1, 0.15) is 10.2 Å². The van der Waals surface area contributed by atoms with Crippen LogP contribution in [-0.4, -0.2) is 9.97 Å². The van der Waals surface area contributed by atoms with Crippen LogP contribution in [0.15, 0.2) is 41.9 Å². The maximum absolute atomic E-state index is 6.13. The summed E-state index contributed by atoms with van der Waals surface area (Å²) in [5, 5.41) is 3.47. The average molecular weight is 301 g/mol. The zero-order chi connectivity index (χ0) is 14.1. The molecule has 0 aliphatic heterocycles. The van der Waals surface area contributed by atoms with Gasteiger partial charge in [-0.15, -0.1) is 11.3 Å². The molecule has 0 atom stereocenters. The quantitative estimate of drug-likeness (QED) is 0.612. The van der Waals surface area contributed by atoms with Crippen molar-refractivity contribution in [2.45, 2.75) is 13.8 Å². The molecule has 0 saturated carbocycles. The molecule has 3 rings (SSSR count). The summed E-state index contributed by atoms with van der Waals surface area (Å²) in [4.78, 5) is 8.81. The third-order valence-electron chi connectivity index (χ3n) is 3.16. The van der Waals surface area contributed by atoms with Gasteiger partial charge in [0, 0.05) is 22.7 Å². The van der Waals surface area contributed by atoms with Crippen LogP contribution in [0.1, 0.15) is 11.1 Å². The predicted octanol–water partition coefficient (Wildman–Crippen LogP) is 5.14. The Bertz CT molecular complexity index is 765. The maximum Gasteiger partial charge on any atom is 0.139 e. The Morgan fingerprint density at radius 1 is 1.10 bits per heavy atom. The minimum Gasteiger partial charge on any atom is -0.244 e. The molecule has 0 radical (unpaired) electrons. The highest BCUT2D eigenvalue weighted by Crippen LogP contribution is 2.33. The normalized spacial score (nSPS) is 10.8. The van der Waals surface area contributed by atoms with Crippen LogP contribution in [0.25, 0.3) is 21.8 Å². The van der Waals surface area contributed by atoms with Crippen molar-refractivity contribution in [2.75, 3.05) is 0 Å². The number of hydrogen-bond acceptors (Lipinski definition) is 3. The van der Waals surface area contributed by atoms with Gasteiger partial charge in [-0.2, -0.15) is 0 Å². The largest absolute Gasteiger partial charge is 0.244 e. The standard InChI is InChI=1S/C16H13ClN2S/c1-10-5-6-11(2)13(8-10)14-9-20-16(19-14)12-4-3-7-18-15(12)17/h3-9H,1-2H3. The zero-order valence-corrected chi connectivity index (χ0v) is 12.8. The van der Waals surface area contributed by atoms with E-state index in [1.807, 2.05) is 12.1 Å². The first-order valence-electron chi connectivity index (χ1n) is 6.29. The summed E-state index contributed by atoms with van der Waals surface area (Å²) in [7, 11) is 0. The van der Waals surface area contributed by atoms with E-state index in [2.05, 4.69) is 42.4 Å². The van der Waals surface area contributed by atoms with Gasteiger partial charge in [0.25, 0.3) is 0 Å². The Kier molecular flexibility index (Phi) is 3.55. The van der Waals surface area contributed by atoms with E-state index in [4.69, 9.17) is 16.6 Å². The van der Waals surface area contributed by atoms with E-state index in [0.29, 0.717) is 5.15 Å². The van der Waals surface area contributed by atoms with Gasteiger partial charge in [0.15, 0.2) is 0 Å². The molecule has 0 unspecified atom stereocenters. The average Bonchev–Trinajstić information content (AvgIpc) is 2.91. The molecule has 4 heteroatoms. The van der Waals surface area contributed by atoms with Crippen LogP contribution in [0.4, 0.5) is 0 Å². The van der Waals surface area contributed by atoms with Crippen molar-refractivity contribution in [2.24, 2.45) is 0 Å². The molecule has 0 aliphatic rings. The summed E-state index contributed by atoms with van der Waals surface area (Å²) in [6.45, 7) is 4.19. The number of benzene rings is 1. The molecule has 0 fully saturated rings. The minimum absolute atomic E-state index is 0.495. The van der Waals surface area contributed by atoms with Gasteiger partial charge >= 0.3 is 0 Å². The highest BCUT2D eigenvalue weighted by Gasteiger charge is 2.11. The maximum atomic E-state index is 6.13. The van der Waals surface area contributed by atoms with Crippen LogP contribution in [0, 0.1) is 13.8 Å². The molecule has 2 heterocycles. The molecule has 0 aliphatic carbocycles. The number of aryl methyl sites for hydroxylation is 2. The molecule has 0 amide bonds. The Balaban J connectivity index is 2.07. The van der Waals surface area contributed by atoms with Gasteiger partial charge in [-0.1, -0.05) is 29.3 Å². The lowest BCUT2D eigenvalue weighted by molar-refractivity contribution is 1.30. The van der Waals surface area contributed by atoms with Crippen LogP contribution in [0.3, 0.4) is 0 Å². The molecule has 1 aromatic carbocycles. The first-order valence-corrected chi connectivity index (χ1v) is 7.55. The first-order chi connectivity index (χ1) is 9.65. The zero-order valence-electron chi connectivity index (χ0n) is 11.2. The van der Waals surface area contributed by atoms with Gasteiger partial charge in [0.2, 0.25) is 0 Å². The molecule has 0 bridgehead atoms. The second kappa shape index (κ2) is 5.35. The third-order valence-corrected chi connectivity index (χ3v) is 4.34. The highest BCUT2D eigenvalue weighted by molar-refractivity contribution is 7.13. The van der Waals surface area contributed by atoms with E-state index in [-0.39, 0.29) is 0 Å². The van der Waals surface area contributed by atoms with Gasteiger partial charge in [-0.05, 0) is 37.6 Å². The van der Waals surface area contributed by atoms with E-state index in [1.54, 1.807) is 17.5 Å². The lowest BCUT2D eigenvalue weighted by Crippen LogP contribution is -1.86. The fourth-order valence-electron chi connectivity index (χ4n) is 2.08. The number of pyridine rings is 1. The lowest BCUT2D eigenvalue weighted by atomic mass is 10.0. The summed E-state index contributed by atoms with van der Waals surface area (Å²) in [5.74, 6) is 0. The fraction of sp³-hybridized carbons (Fsp3) is 0.125. The van der Waals surface area contributed by atoms with Crippen LogP contribution < -0.4 is 0 Å². The van der Waals surface area contributed by atoms with Crippen molar-refractivity contribution in [3.8, 4) is 21.8 Å². The molecule has 3 aromatic rings. The number of rotatable bonds is 2. The molecule has 2 nitrogen and oxygen atoms in total. The number of aromatic nitrogens is 2. The fourth-order valence-corrected chi connectivity index (χ4v) is 3.19. The van der Waals surface area contributed by atoms with Crippen molar-refractivity contribution >= 4 is 22.9 Å². The van der Waals surface area contributed by atoms with Crippen molar-refractivity contribution < 1.29 is 0 Å². The molecule has 0 spiro atoms. The summed E-state index contributed by atoms with van der Waals surface area (Å²) >= 11 is 7.72. The van der Waals surface area contributed by atoms with Gasteiger partial charge in [-0.25, -0.2) is 9.97 Å². The summed E-state index contributed by atoms with van der Waals surface area (Å²) < 4.78 is 0. The van der Waals surface area contributed by atoms with E-state index in [0.717, 1.165) is 16.3 Å². The second-order valence-electron chi connectivity index (χ2n) is 4.70. The van der Waals surface area contributed by atoms with Crippen molar-refractivity contribution in [3.63, 3.8) is 0 Å². The van der Waals surface area contributed by atoms with E-state index < -0.39 is 0 Å². The van der Waals surface area contributed by atoms with E-state index >= 15 is 0 Å².